The maximum atomic E-state index is 12.1. The van der Waals surface area contributed by atoms with E-state index in [4.69, 9.17) is 9.84 Å². The quantitative estimate of drug-likeness (QED) is 0.812. The molecule has 0 saturated carbocycles. The summed E-state index contributed by atoms with van der Waals surface area (Å²) < 4.78 is 5.49. The molecule has 1 aromatic carbocycles. The van der Waals surface area contributed by atoms with Gasteiger partial charge in [-0.15, -0.1) is 0 Å². The summed E-state index contributed by atoms with van der Waals surface area (Å²) in [6, 6.07) is 6.44. The topological polar surface area (TPSA) is 75.6 Å². The van der Waals surface area contributed by atoms with E-state index in [2.05, 4.69) is 5.32 Å². The van der Waals surface area contributed by atoms with Crippen LogP contribution in [0.2, 0.25) is 0 Å². The van der Waals surface area contributed by atoms with Gasteiger partial charge in [-0.05, 0) is 25.5 Å². The summed E-state index contributed by atoms with van der Waals surface area (Å²) in [7, 11) is 0. The predicted octanol–water partition coefficient (Wildman–Crippen LogP) is 2.00. The number of carboxylic acids is 1. The molecule has 21 heavy (non-hydrogen) atoms. The molecule has 0 saturated heterocycles. The molecular weight excluding hydrogens is 270 g/mol. The molecule has 2 rings (SSSR count). The number of amides is 1. The van der Waals surface area contributed by atoms with Gasteiger partial charge in [0, 0.05) is 5.56 Å². The third-order valence-electron chi connectivity index (χ3n) is 3.13. The van der Waals surface area contributed by atoms with E-state index in [9.17, 15) is 9.59 Å². The van der Waals surface area contributed by atoms with Crippen LogP contribution < -0.4 is 10.1 Å². The van der Waals surface area contributed by atoms with E-state index in [0.29, 0.717) is 5.57 Å². The average molecular weight is 287 g/mol. The number of carbonyl (C=O) groups is 2. The van der Waals surface area contributed by atoms with E-state index in [1.807, 2.05) is 24.3 Å². The van der Waals surface area contributed by atoms with Gasteiger partial charge in [0.05, 0.1) is 5.57 Å². The minimum absolute atomic E-state index is 0.138. The number of fused-ring (bicyclic) bond motifs is 1. The molecule has 0 bridgehead atoms. The van der Waals surface area contributed by atoms with E-state index >= 15 is 0 Å². The summed E-state index contributed by atoms with van der Waals surface area (Å²) >= 11 is 0. The first-order valence-corrected chi connectivity index (χ1v) is 6.69. The molecule has 1 amide bonds. The first-order valence-electron chi connectivity index (χ1n) is 6.69. The van der Waals surface area contributed by atoms with Crippen LogP contribution in [-0.2, 0) is 9.59 Å². The van der Waals surface area contributed by atoms with Crippen molar-refractivity contribution in [2.45, 2.75) is 19.4 Å². The van der Waals surface area contributed by atoms with Crippen LogP contribution in [0.25, 0.3) is 6.08 Å². The number of nitrogens with one attached hydrogen (secondary N) is 1. The predicted molar refractivity (Wildman–Crippen MR) is 78.9 cm³/mol. The first kappa shape index (κ1) is 14.8. The number of rotatable bonds is 5. The lowest BCUT2D eigenvalue weighted by Gasteiger charge is -2.19. The van der Waals surface area contributed by atoms with Crippen molar-refractivity contribution in [2.75, 3.05) is 6.61 Å². The molecule has 0 aliphatic carbocycles. The normalized spacial score (nSPS) is 14.8. The average Bonchev–Trinajstić information content (AvgIpc) is 2.50. The van der Waals surface area contributed by atoms with Crippen molar-refractivity contribution in [3.8, 4) is 5.75 Å². The molecule has 1 unspecified atom stereocenters. The van der Waals surface area contributed by atoms with Crippen molar-refractivity contribution in [3.63, 3.8) is 0 Å². The molecule has 1 aromatic rings. The Balaban J connectivity index is 2.10. The molecule has 5 heteroatoms. The van der Waals surface area contributed by atoms with Gasteiger partial charge in [0.15, 0.2) is 0 Å². The second-order valence-corrected chi connectivity index (χ2v) is 4.67. The number of aliphatic carboxylic acids is 1. The minimum Gasteiger partial charge on any atom is -0.488 e. The Morgan fingerprint density at radius 3 is 2.90 bits per heavy atom. The van der Waals surface area contributed by atoms with Crippen LogP contribution >= 0.6 is 0 Å². The SMILES string of the molecule is C/C=C/CC(NC(=O)C1=Cc2ccccc2OC1)C(=O)O. The number of allylic oxidation sites excluding steroid dienone is 1. The standard InChI is InChI=1S/C16H17NO4/c1-2-3-7-13(16(19)20)17-15(18)12-9-11-6-4-5-8-14(11)21-10-12/h2-6,8-9,13H,7,10H2,1H3,(H,17,18)(H,19,20)/b3-2+. The maximum absolute atomic E-state index is 12.1. The van der Waals surface area contributed by atoms with Crippen molar-refractivity contribution >= 4 is 18.0 Å². The van der Waals surface area contributed by atoms with Gasteiger partial charge in [0.2, 0.25) is 0 Å². The molecular formula is C16H17NO4. The summed E-state index contributed by atoms with van der Waals surface area (Å²) in [4.78, 5) is 23.3. The zero-order chi connectivity index (χ0) is 15.2. The fourth-order valence-corrected chi connectivity index (χ4v) is 1.99. The molecule has 110 valence electrons. The fourth-order valence-electron chi connectivity index (χ4n) is 1.99. The highest BCUT2D eigenvalue weighted by molar-refractivity contribution is 6.00. The maximum Gasteiger partial charge on any atom is 0.326 e. The van der Waals surface area contributed by atoms with Crippen LogP contribution in [0.15, 0.2) is 42.0 Å². The highest BCUT2D eigenvalue weighted by Crippen LogP contribution is 2.25. The number of hydrogen-bond acceptors (Lipinski definition) is 3. The number of ether oxygens (including phenoxy) is 1. The second-order valence-electron chi connectivity index (χ2n) is 4.67. The lowest BCUT2D eigenvalue weighted by molar-refractivity contribution is -0.141. The highest BCUT2D eigenvalue weighted by atomic mass is 16.5. The van der Waals surface area contributed by atoms with E-state index in [1.54, 1.807) is 25.2 Å². The third kappa shape index (κ3) is 3.72. The lowest BCUT2D eigenvalue weighted by atomic mass is 10.1. The number of hydrogen-bond donors (Lipinski definition) is 2. The summed E-state index contributed by atoms with van der Waals surface area (Å²) in [5, 5.41) is 11.6. The summed E-state index contributed by atoms with van der Waals surface area (Å²) in [6.07, 6.45) is 5.44. The first-order chi connectivity index (χ1) is 10.1. The van der Waals surface area contributed by atoms with Crippen molar-refractivity contribution in [2.24, 2.45) is 0 Å². The summed E-state index contributed by atoms with van der Waals surface area (Å²) in [5.74, 6) is -0.752. The molecule has 1 atom stereocenters. The molecule has 2 N–H and O–H groups in total. The van der Waals surface area contributed by atoms with Gasteiger partial charge in [0.25, 0.3) is 5.91 Å². The van der Waals surface area contributed by atoms with E-state index in [0.717, 1.165) is 11.3 Å². The van der Waals surface area contributed by atoms with Gasteiger partial charge in [-0.25, -0.2) is 4.79 Å². The summed E-state index contributed by atoms with van der Waals surface area (Å²) in [5.41, 5.74) is 1.23. The summed E-state index contributed by atoms with van der Waals surface area (Å²) in [6.45, 7) is 1.94. The van der Waals surface area contributed by atoms with E-state index in [-0.39, 0.29) is 13.0 Å². The van der Waals surface area contributed by atoms with Gasteiger partial charge in [-0.1, -0.05) is 30.4 Å². The monoisotopic (exact) mass is 287 g/mol. The number of para-hydroxylation sites is 1. The molecule has 0 spiro atoms. The number of benzene rings is 1. The third-order valence-corrected chi connectivity index (χ3v) is 3.13. The Hall–Kier alpha value is -2.56. The Morgan fingerprint density at radius 2 is 2.19 bits per heavy atom. The molecule has 5 nitrogen and oxygen atoms in total. The van der Waals surface area contributed by atoms with Crippen molar-refractivity contribution in [3.05, 3.63) is 47.6 Å². The smallest absolute Gasteiger partial charge is 0.326 e. The van der Waals surface area contributed by atoms with Crippen molar-refractivity contribution in [1.82, 2.24) is 5.32 Å². The molecule has 1 heterocycles. The molecule has 0 fully saturated rings. The Bertz CT molecular complexity index is 604. The number of carboxylic acid groups (broad SMARTS) is 1. The zero-order valence-corrected chi connectivity index (χ0v) is 11.7. The molecule has 0 radical (unpaired) electrons. The molecule has 0 aromatic heterocycles. The fraction of sp³-hybridized carbons (Fsp3) is 0.250. The zero-order valence-electron chi connectivity index (χ0n) is 11.7. The van der Waals surface area contributed by atoms with Crippen LogP contribution in [0.4, 0.5) is 0 Å². The molecule has 1 aliphatic heterocycles. The van der Waals surface area contributed by atoms with Gasteiger partial charge < -0.3 is 15.2 Å². The lowest BCUT2D eigenvalue weighted by Crippen LogP contribution is -2.42. The van der Waals surface area contributed by atoms with Crippen LogP contribution in [0.3, 0.4) is 0 Å². The Morgan fingerprint density at radius 1 is 1.43 bits per heavy atom. The Kier molecular flexibility index (Phi) is 4.77. The van der Waals surface area contributed by atoms with Gasteiger partial charge >= 0.3 is 5.97 Å². The van der Waals surface area contributed by atoms with Crippen molar-refractivity contribution < 1.29 is 19.4 Å². The molecule has 1 aliphatic rings. The van der Waals surface area contributed by atoms with Gasteiger partial charge in [-0.2, -0.15) is 0 Å². The van der Waals surface area contributed by atoms with E-state index in [1.165, 1.54) is 0 Å². The minimum atomic E-state index is -1.06. The van der Waals surface area contributed by atoms with Crippen LogP contribution in [0.1, 0.15) is 18.9 Å². The largest absolute Gasteiger partial charge is 0.488 e. The van der Waals surface area contributed by atoms with E-state index < -0.39 is 17.9 Å². The van der Waals surface area contributed by atoms with Crippen molar-refractivity contribution in [1.29, 1.82) is 0 Å². The van der Waals surface area contributed by atoms with Crippen LogP contribution in [0, 0.1) is 0 Å². The van der Waals surface area contributed by atoms with Crippen LogP contribution in [-0.4, -0.2) is 29.6 Å². The van der Waals surface area contributed by atoms with Crippen LogP contribution in [0.5, 0.6) is 5.75 Å². The Labute approximate surface area is 122 Å². The number of carbonyl (C=O) groups excluding carboxylic acids is 1. The highest BCUT2D eigenvalue weighted by Gasteiger charge is 2.22. The van der Waals surface area contributed by atoms with Gasteiger partial charge in [0.1, 0.15) is 18.4 Å². The van der Waals surface area contributed by atoms with Gasteiger partial charge in [-0.3, -0.25) is 4.79 Å². The second kappa shape index (κ2) is 6.74.